The minimum atomic E-state index is -0.828. The van der Waals surface area contributed by atoms with Crippen molar-refractivity contribution in [2.75, 3.05) is 32.7 Å². The highest BCUT2D eigenvalue weighted by atomic mass is 35.5. The molecule has 0 saturated carbocycles. The van der Waals surface area contributed by atoms with E-state index in [0.29, 0.717) is 37.6 Å². The van der Waals surface area contributed by atoms with Crippen molar-refractivity contribution in [2.24, 2.45) is 0 Å². The Bertz CT molecular complexity index is 521. The Morgan fingerprint density at radius 1 is 1.14 bits per heavy atom. The predicted molar refractivity (Wildman–Crippen MR) is 80.4 cm³/mol. The van der Waals surface area contributed by atoms with Crippen molar-refractivity contribution in [3.63, 3.8) is 0 Å². The first-order valence-corrected chi connectivity index (χ1v) is 7.39. The highest BCUT2D eigenvalue weighted by molar-refractivity contribution is 6.31. The van der Waals surface area contributed by atoms with E-state index >= 15 is 0 Å². The van der Waals surface area contributed by atoms with E-state index in [0.717, 1.165) is 12.0 Å². The lowest BCUT2D eigenvalue weighted by Crippen LogP contribution is -2.37. The second kappa shape index (κ2) is 7.43. The minimum absolute atomic E-state index is 0.0343. The molecule has 1 fully saturated rings. The summed E-state index contributed by atoms with van der Waals surface area (Å²) in [6.45, 7) is 2.57. The Balaban J connectivity index is 1.91. The molecule has 1 heterocycles. The van der Waals surface area contributed by atoms with Gasteiger partial charge in [0.25, 0.3) is 0 Å². The lowest BCUT2D eigenvalue weighted by Gasteiger charge is -2.21. The second-order valence-corrected chi connectivity index (χ2v) is 5.58. The van der Waals surface area contributed by atoms with Crippen LogP contribution in [0.25, 0.3) is 0 Å². The number of carbonyl (C=O) groups is 2. The number of nitrogens with zero attached hydrogens (tertiary/aromatic N) is 2. The molecule has 21 heavy (non-hydrogen) atoms. The summed E-state index contributed by atoms with van der Waals surface area (Å²) in [7, 11) is 0. The number of halogens is 1. The number of benzene rings is 1. The number of hydrogen-bond donors (Lipinski definition) is 1. The van der Waals surface area contributed by atoms with E-state index in [2.05, 4.69) is 0 Å². The first-order chi connectivity index (χ1) is 10.1. The molecule has 2 rings (SSSR count). The first kappa shape index (κ1) is 15.8. The largest absolute Gasteiger partial charge is 0.480 e. The molecule has 1 aromatic carbocycles. The number of aliphatic carboxylic acids is 1. The molecule has 0 bridgehead atoms. The van der Waals surface area contributed by atoms with Gasteiger partial charge in [-0.2, -0.15) is 0 Å². The summed E-state index contributed by atoms with van der Waals surface area (Å²) < 4.78 is 0. The summed E-state index contributed by atoms with van der Waals surface area (Å²) >= 11 is 6.08. The van der Waals surface area contributed by atoms with Crippen molar-refractivity contribution < 1.29 is 14.7 Å². The lowest BCUT2D eigenvalue weighted by atomic mass is 10.1. The van der Waals surface area contributed by atoms with E-state index < -0.39 is 5.97 Å². The monoisotopic (exact) mass is 310 g/mol. The molecule has 1 saturated heterocycles. The normalized spacial score (nSPS) is 16.5. The van der Waals surface area contributed by atoms with Crippen LogP contribution in [0.1, 0.15) is 12.0 Å². The second-order valence-electron chi connectivity index (χ2n) is 5.17. The standard InChI is InChI=1S/C15H19ClN2O3/c16-13-5-2-1-4-12(13)10-14(19)18-7-3-6-17(8-9-18)11-15(20)21/h1-2,4-5H,3,6-11H2,(H,20,21). The zero-order chi connectivity index (χ0) is 15.2. The van der Waals surface area contributed by atoms with Gasteiger partial charge in [0, 0.05) is 31.2 Å². The number of amides is 1. The van der Waals surface area contributed by atoms with E-state index in [9.17, 15) is 9.59 Å². The fourth-order valence-electron chi connectivity index (χ4n) is 2.49. The van der Waals surface area contributed by atoms with Gasteiger partial charge in [0.15, 0.2) is 0 Å². The SMILES string of the molecule is O=C(O)CN1CCCN(C(=O)Cc2ccccc2Cl)CC1. The molecule has 1 aromatic rings. The maximum absolute atomic E-state index is 12.3. The molecule has 0 spiro atoms. The highest BCUT2D eigenvalue weighted by Gasteiger charge is 2.20. The van der Waals surface area contributed by atoms with Crippen LogP contribution in [0.3, 0.4) is 0 Å². The number of hydrogen-bond acceptors (Lipinski definition) is 3. The van der Waals surface area contributed by atoms with Crippen molar-refractivity contribution in [3.05, 3.63) is 34.9 Å². The maximum Gasteiger partial charge on any atom is 0.317 e. The molecule has 0 unspecified atom stereocenters. The number of carboxylic acids is 1. The van der Waals surface area contributed by atoms with Crippen molar-refractivity contribution in [2.45, 2.75) is 12.8 Å². The van der Waals surface area contributed by atoms with Crippen LogP contribution < -0.4 is 0 Å². The molecule has 0 aliphatic carbocycles. The molecule has 1 amide bonds. The number of carboxylic acid groups (broad SMARTS) is 1. The average molecular weight is 311 g/mol. The smallest absolute Gasteiger partial charge is 0.317 e. The van der Waals surface area contributed by atoms with E-state index in [1.165, 1.54) is 0 Å². The summed E-state index contributed by atoms with van der Waals surface area (Å²) in [6, 6.07) is 7.34. The third kappa shape index (κ3) is 4.72. The molecule has 1 N–H and O–H groups in total. The van der Waals surface area contributed by atoms with Crippen molar-refractivity contribution in [3.8, 4) is 0 Å². The quantitative estimate of drug-likeness (QED) is 0.915. The number of carbonyl (C=O) groups excluding carboxylic acids is 1. The summed E-state index contributed by atoms with van der Waals surface area (Å²) in [4.78, 5) is 26.7. The Kier molecular flexibility index (Phi) is 5.59. The molecule has 1 aliphatic heterocycles. The van der Waals surface area contributed by atoms with Gasteiger partial charge in [-0.25, -0.2) is 0 Å². The molecule has 0 radical (unpaired) electrons. The van der Waals surface area contributed by atoms with Gasteiger partial charge >= 0.3 is 5.97 Å². The molecule has 0 aromatic heterocycles. The van der Waals surface area contributed by atoms with Gasteiger partial charge < -0.3 is 10.0 Å². The summed E-state index contributed by atoms with van der Waals surface area (Å²) in [5.41, 5.74) is 0.829. The van der Waals surface area contributed by atoms with Crippen LogP contribution in [-0.2, 0) is 16.0 Å². The van der Waals surface area contributed by atoms with Crippen molar-refractivity contribution in [1.29, 1.82) is 0 Å². The van der Waals surface area contributed by atoms with Crippen LogP contribution in [0.5, 0.6) is 0 Å². The van der Waals surface area contributed by atoms with Crippen LogP contribution in [0, 0.1) is 0 Å². The fourth-order valence-corrected chi connectivity index (χ4v) is 2.69. The number of rotatable bonds is 4. The predicted octanol–water partition coefficient (Wildman–Crippen LogP) is 1.50. The fraction of sp³-hybridized carbons (Fsp3) is 0.467. The van der Waals surface area contributed by atoms with Gasteiger partial charge in [0.2, 0.25) is 5.91 Å². The van der Waals surface area contributed by atoms with E-state index in [4.69, 9.17) is 16.7 Å². The van der Waals surface area contributed by atoms with Gasteiger partial charge in [-0.15, -0.1) is 0 Å². The van der Waals surface area contributed by atoms with Crippen molar-refractivity contribution in [1.82, 2.24) is 9.80 Å². The van der Waals surface area contributed by atoms with Gasteiger partial charge in [0.05, 0.1) is 13.0 Å². The summed E-state index contributed by atoms with van der Waals surface area (Å²) in [5, 5.41) is 9.43. The van der Waals surface area contributed by atoms with Crippen LogP contribution in [-0.4, -0.2) is 59.5 Å². The van der Waals surface area contributed by atoms with Gasteiger partial charge in [-0.3, -0.25) is 14.5 Å². The third-order valence-electron chi connectivity index (χ3n) is 3.60. The van der Waals surface area contributed by atoms with Gasteiger partial charge in [0.1, 0.15) is 0 Å². The van der Waals surface area contributed by atoms with Crippen LogP contribution in [0.15, 0.2) is 24.3 Å². The van der Waals surface area contributed by atoms with Gasteiger partial charge in [-0.05, 0) is 18.1 Å². The Morgan fingerprint density at radius 3 is 2.62 bits per heavy atom. The maximum atomic E-state index is 12.3. The minimum Gasteiger partial charge on any atom is -0.480 e. The van der Waals surface area contributed by atoms with E-state index in [1.807, 2.05) is 23.1 Å². The summed E-state index contributed by atoms with van der Waals surface area (Å²) in [5.74, 6) is -0.786. The topological polar surface area (TPSA) is 60.9 Å². The Morgan fingerprint density at radius 2 is 1.90 bits per heavy atom. The molecule has 6 heteroatoms. The third-order valence-corrected chi connectivity index (χ3v) is 3.97. The highest BCUT2D eigenvalue weighted by Crippen LogP contribution is 2.16. The Hall–Kier alpha value is -1.59. The zero-order valence-corrected chi connectivity index (χ0v) is 12.6. The van der Waals surface area contributed by atoms with E-state index in [-0.39, 0.29) is 12.5 Å². The molecular formula is C15H19ClN2O3. The van der Waals surface area contributed by atoms with Gasteiger partial charge in [-0.1, -0.05) is 29.8 Å². The average Bonchev–Trinajstić information content (AvgIpc) is 2.66. The molecule has 114 valence electrons. The molecular weight excluding hydrogens is 292 g/mol. The molecule has 0 atom stereocenters. The van der Waals surface area contributed by atoms with Crippen LogP contribution in [0.4, 0.5) is 0 Å². The molecule has 1 aliphatic rings. The van der Waals surface area contributed by atoms with Crippen LogP contribution >= 0.6 is 11.6 Å². The lowest BCUT2D eigenvalue weighted by molar-refractivity contribution is -0.138. The Labute approximate surface area is 129 Å². The van der Waals surface area contributed by atoms with E-state index in [1.54, 1.807) is 11.0 Å². The first-order valence-electron chi connectivity index (χ1n) is 7.01. The molecule has 5 nitrogen and oxygen atoms in total. The zero-order valence-electron chi connectivity index (χ0n) is 11.8. The van der Waals surface area contributed by atoms with Crippen molar-refractivity contribution >= 4 is 23.5 Å². The van der Waals surface area contributed by atoms with Crippen LogP contribution in [0.2, 0.25) is 5.02 Å². The summed E-state index contributed by atoms with van der Waals surface area (Å²) in [6.07, 6.45) is 1.08.